The molecule has 0 amide bonds. The molecule has 0 radical (unpaired) electrons. The second-order valence-electron chi connectivity index (χ2n) is 6.61. The molecule has 0 bridgehead atoms. The lowest BCUT2D eigenvalue weighted by atomic mass is 10.1. The topological polar surface area (TPSA) is 114 Å². The number of halogens is 10. The summed E-state index contributed by atoms with van der Waals surface area (Å²) in [5.41, 5.74) is -4.98. The number of ether oxygens (including phenoxy) is 2. The molecule has 0 aliphatic rings. The molecule has 0 saturated heterocycles. The quantitative estimate of drug-likeness (QED) is 0.218. The third kappa shape index (κ3) is 4.35. The molecule has 0 atom stereocenters. The number of rotatable bonds is 4. The summed E-state index contributed by atoms with van der Waals surface area (Å²) in [4.78, 5) is 0. The summed E-state index contributed by atoms with van der Waals surface area (Å²) in [6.07, 6.45) is 0. The van der Waals surface area contributed by atoms with Crippen molar-refractivity contribution >= 4 is 46.4 Å². The van der Waals surface area contributed by atoms with E-state index in [1.807, 2.05) is 0 Å². The molecule has 190 valence electrons. The Bertz CT molecular complexity index is 1580. The van der Waals surface area contributed by atoms with Gasteiger partial charge in [0.1, 0.15) is 66.6 Å². The molecule has 0 fully saturated rings. The molecule has 0 saturated carbocycles. The van der Waals surface area contributed by atoms with Gasteiger partial charge in [-0.3, -0.25) is 0 Å². The van der Waals surface area contributed by atoms with E-state index in [-0.39, 0.29) is 0 Å². The summed E-state index contributed by atoms with van der Waals surface area (Å²) in [5, 5.41) is 32.2. The van der Waals surface area contributed by atoms with E-state index in [0.717, 1.165) is 24.3 Å². The lowest BCUT2D eigenvalue weighted by Crippen LogP contribution is -2.05. The molecule has 0 aliphatic carbocycles. The van der Waals surface area contributed by atoms with Gasteiger partial charge in [-0.05, 0) is 0 Å². The fourth-order valence-corrected chi connectivity index (χ4v) is 3.82. The highest BCUT2D eigenvalue weighted by molar-refractivity contribution is 6.50. The first-order valence-corrected chi connectivity index (χ1v) is 10.6. The van der Waals surface area contributed by atoms with Crippen LogP contribution in [0, 0.1) is 80.2 Å². The van der Waals surface area contributed by atoms with E-state index in [1.54, 1.807) is 0 Å². The minimum absolute atomic E-state index is 0.895. The van der Waals surface area contributed by atoms with Crippen LogP contribution in [0.5, 0.6) is 23.0 Å². The van der Waals surface area contributed by atoms with E-state index in [1.165, 1.54) is 0 Å². The Labute approximate surface area is 227 Å². The highest BCUT2D eigenvalue weighted by atomic mass is 35.5. The number of nitrogens with zero attached hydrogens (tertiary/aromatic N) is 4. The largest absolute Gasteiger partial charge is 0.448 e. The van der Waals surface area contributed by atoms with Crippen LogP contribution in [0.3, 0.4) is 0 Å². The van der Waals surface area contributed by atoms with Crippen LogP contribution in [0.2, 0.25) is 20.1 Å². The van der Waals surface area contributed by atoms with Gasteiger partial charge in [-0.25, -0.2) is 17.6 Å². The molecule has 38 heavy (non-hydrogen) atoms. The van der Waals surface area contributed by atoms with Gasteiger partial charge in [-0.1, -0.05) is 46.4 Å². The minimum Gasteiger partial charge on any atom is -0.448 e. The van der Waals surface area contributed by atoms with Gasteiger partial charge in [-0.15, -0.1) is 0 Å². The Kier molecular flexibility index (Phi) is 8.07. The van der Waals surface area contributed by atoms with Crippen LogP contribution in [0.15, 0.2) is 0 Å². The van der Waals surface area contributed by atoms with Gasteiger partial charge in [0.25, 0.3) is 0 Å². The molecule has 3 rings (SSSR count). The van der Waals surface area contributed by atoms with Crippen LogP contribution >= 0.6 is 46.4 Å². The summed E-state index contributed by atoms with van der Waals surface area (Å²) in [7, 11) is 0. The van der Waals surface area contributed by atoms with Gasteiger partial charge in [0.2, 0.25) is 23.1 Å². The average molecular weight is 608 g/mol. The maximum atomic E-state index is 14.7. The van der Waals surface area contributed by atoms with E-state index in [0.29, 0.717) is 0 Å². The number of hydrogen-bond donors (Lipinski definition) is 0. The van der Waals surface area contributed by atoms with Crippen molar-refractivity contribution in [3.63, 3.8) is 0 Å². The van der Waals surface area contributed by atoms with Crippen LogP contribution in [-0.4, -0.2) is 0 Å². The van der Waals surface area contributed by atoms with Crippen molar-refractivity contribution in [3.05, 3.63) is 77.2 Å². The maximum absolute atomic E-state index is 14.7. The molecular weight excluding hydrogens is 608 g/mol. The van der Waals surface area contributed by atoms with Crippen LogP contribution < -0.4 is 9.47 Å². The van der Waals surface area contributed by atoms with E-state index in [2.05, 4.69) is 0 Å². The van der Waals surface area contributed by atoms with E-state index in [4.69, 9.17) is 76.9 Å². The van der Waals surface area contributed by atoms with E-state index < -0.39 is 100 Å². The van der Waals surface area contributed by atoms with Gasteiger partial charge in [0.15, 0.2) is 34.8 Å². The molecule has 3 aromatic rings. The Hall–Kier alpha value is -4.04. The van der Waals surface area contributed by atoms with Gasteiger partial charge in [-0.2, -0.15) is 29.8 Å². The fraction of sp³-hybridized carbons (Fsp3) is 0. The molecule has 0 aliphatic heterocycles. The third-order valence-electron chi connectivity index (χ3n) is 4.60. The summed E-state index contributed by atoms with van der Waals surface area (Å²) in [5.74, 6) is -16.8. The second kappa shape index (κ2) is 10.8. The fourth-order valence-electron chi connectivity index (χ4n) is 2.85. The van der Waals surface area contributed by atoms with Crippen molar-refractivity contribution in [1.29, 1.82) is 21.0 Å². The monoisotopic (exact) mass is 606 g/mol. The van der Waals surface area contributed by atoms with Crippen molar-refractivity contribution in [2.75, 3.05) is 0 Å². The van der Waals surface area contributed by atoms with Crippen molar-refractivity contribution in [2.45, 2.75) is 0 Å². The highest BCUT2D eigenvalue weighted by Crippen LogP contribution is 2.53. The van der Waals surface area contributed by atoms with E-state index in [9.17, 15) is 26.3 Å². The maximum Gasteiger partial charge on any atom is 0.205 e. The van der Waals surface area contributed by atoms with Crippen molar-refractivity contribution in [2.24, 2.45) is 0 Å². The molecule has 0 unspecified atom stereocenters. The molecule has 0 spiro atoms. The summed E-state index contributed by atoms with van der Waals surface area (Å²) in [6, 6.07) is 4.56. The van der Waals surface area contributed by atoms with Gasteiger partial charge >= 0.3 is 0 Å². The van der Waals surface area contributed by atoms with E-state index >= 15 is 0 Å². The molecule has 6 nitrogen and oxygen atoms in total. The predicted molar refractivity (Wildman–Crippen MR) is 118 cm³/mol. The first-order valence-electron chi connectivity index (χ1n) is 9.10. The van der Waals surface area contributed by atoms with Crippen molar-refractivity contribution in [1.82, 2.24) is 0 Å². The molecular formula is C22Cl4F6N4O2. The van der Waals surface area contributed by atoms with Crippen LogP contribution in [-0.2, 0) is 0 Å². The normalized spacial score (nSPS) is 10.3. The van der Waals surface area contributed by atoms with Crippen molar-refractivity contribution in [3.8, 4) is 47.3 Å². The van der Waals surface area contributed by atoms with Crippen molar-refractivity contribution < 1.29 is 35.8 Å². The lowest BCUT2D eigenvalue weighted by molar-refractivity contribution is 0.379. The number of hydrogen-bond acceptors (Lipinski definition) is 6. The molecule has 0 aromatic heterocycles. The van der Waals surface area contributed by atoms with Crippen LogP contribution in [0.1, 0.15) is 22.3 Å². The van der Waals surface area contributed by atoms with Gasteiger partial charge in [0.05, 0.1) is 0 Å². The number of nitriles is 4. The summed E-state index contributed by atoms with van der Waals surface area (Å²) >= 11 is 24.0. The lowest BCUT2D eigenvalue weighted by Gasteiger charge is -2.18. The summed E-state index contributed by atoms with van der Waals surface area (Å²) < 4.78 is 96.5. The Balaban J connectivity index is 2.23. The molecule has 0 heterocycles. The average Bonchev–Trinajstić information content (AvgIpc) is 2.90. The minimum atomic E-state index is -2.07. The summed E-state index contributed by atoms with van der Waals surface area (Å²) in [6.45, 7) is 0. The number of benzene rings is 3. The van der Waals surface area contributed by atoms with Gasteiger partial charge in [0, 0.05) is 0 Å². The third-order valence-corrected chi connectivity index (χ3v) is 6.24. The zero-order valence-corrected chi connectivity index (χ0v) is 20.4. The standard InChI is InChI=1S/C22Cl4F6N4O2/c23-9-11(25)20(38-22-16(30)8(4-36)6(2-34)14(28)18(22)32)12(26)10(24)19(9)37-21-15(29)7(3-35)5(1-33)13(27)17(21)31. The molecule has 16 heteroatoms. The smallest absolute Gasteiger partial charge is 0.205 e. The van der Waals surface area contributed by atoms with Gasteiger partial charge < -0.3 is 9.47 Å². The molecule has 3 aromatic carbocycles. The zero-order chi connectivity index (χ0) is 28.6. The first-order chi connectivity index (χ1) is 17.9. The first kappa shape index (κ1) is 28.5. The second-order valence-corrected chi connectivity index (χ2v) is 8.12. The zero-order valence-electron chi connectivity index (χ0n) is 17.4. The van der Waals surface area contributed by atoms with Crippen LogP contribution in [0.4, 0.5) is 26.3 Å². The Morgan fingerprint density at radius 3 is 0.868 bits per heavy atom. The Morgan fingerprint density at radius 2 is 0.632 bits per heavy atom. The Morgan fingerprint density at radius 1 is 0.395 bits per heavy atom. The highest BCUT2D eigenvalue weighted by Gasteiger charge is 2.32. The SMILES string of the molecule is N#Cc1c(F)c(F)c(Oc2c(Cl)c(Cl)c(Oc3c(F)c(F)c(C#N)c(C#N)c3F)c(Cl)c2Cl)c(F)c1C#N. The van der Waals surface area contributed by atoms with Crippen LogP contribution in [0.25, 0.3) is 0 Å². The molecule has 0 N–H and O–H groups in total. The predicted octanol–water partition coefficient (Wildman–Crippen LogP) is 8.21.